The molecule has 10 heteroatoms. The standard InChI is InChI=1S/C19H23N5O5/c1-2-28-18(25)17(11-15-7-4-3-5-8-15)23-13-20-19(21-24(26)27)22(14-23)12-16-9-6-10-29-16/h3-10,17H,2,11-14H2,1H3,(H,20,21). The van der Waals surface area contributed by atoms with E-state index in [0.717, 1.165) is 5.56 Å². The zero-order chi connectivity index (χ0) is 20.6. The number of nitro groups is 1. The van der Waals surface area contributed by atoms with Crippen LogP contribution < -0.4 is 5.32 Å². The van der Waals surface area contributed by atoms with Gasteiger partial charge in [-0.25, -0.2) is 10.1 Å². The molecule has 2 heterocycles. The molecule has 1 aliphatic heterocycles. The molecule has 1 aromatic heterocycles. The normalized spacial score (nSPS) is 17.0. The van der Waals surface area contributed by atoms with Gasteiger partial charge in [-0.15, -0.1) is 0 Å². The first kappa shape index (κ1) is 20.3. The van der Waals surface area contributed by atoms with Gasteiger partial charge >= 0.3 is 5.97 Å². The Labute approximate surface area is 167 Å². The van der Waals surface area contributed by atoms with Gasteiger partial charge in [0.15, 0.2) is 5.03 Å². The number of nitrogens with zero attached hydrogens (tertiary/aromatic N) is 4. The lowest BCUT2D eigenvalue weighted by Gasteiger charge is -2.39. The van der Waals surface area contributed by atoms with E-state index in [-0.39, 0.29) is 38.4 Å². The van der Waals surface area contributed by atoms with E-state index < -0.39 is 11.1 Å². The van der Waals surface area contributed by atoms with E-state index in [0.29, 0.717) is 12.2 Å². The van der Waals surface area contributed by atoms with Crippen LogP contribution in [0.5, 0.6) is 0 Å². The van der Waals surface area contributed by atoms with Crippen molar-refractivity contribution in [3.05, 3.63) is 70.2 Å². The van der Waals surface area contributed by atoms with Gasteiger partial charge in [-0.05, 0) is 31.0 Å². The van der Waals surface area contributed by atoms with Crippen LogP contribution in [-0.4, -0.2) is 52.7 Å². The zero-order valence-corrected chi connectivity index (χ0v) is 16.1. The molecule has 1 aliphatic rings. The van der Waals surface area contributed by atoms with Crippen LogP contribution in [-0.2, 0) is 22.5 Å². The first-order valence-corrected chi connectivity index (χ1v) is 9.25. The topological polar surface area (TPSA) is 113 Å². The lowest BCUT2D eigenvalue weighted by atomic mass is 10.0. The molecular weight excluding hydrogens is 378 g/mol. The van der Waals surface area contributed by atoms with E-state index in [1.807, 2.05) is 35.2 Å². The Morgan fingerprint density at radius 1 is 1.34 bits per heavy atom. The number of hydrogen-bond acceptors (Lipinski definition) is 6. The van der Waals surface area contributed by atoms with Gasteiger partial charge in [0.05, 0.1) is 32.8 Å². The SMILES string of the molecule is CCOC(=O)C(Cc1ccccc1)N1CN/C(=N\[N+](=O)[O-])N(Cc2ccco2)C1. The van der Waals surface area contributed by atoms with Gasteiger partial charge in [0.25, 0.3) is 5.96 Å². The lowest BCUT2D eigenvalue weighted by molar-refractivity contribution is -0.486. The molecule has 29 heavy (non-hydrogen) atoms. The summed E-state index contributed by atoms with van der Waals surface area (Å²) in [5.41, 5.74) is 0.993. The fourth-order valence-electron chi connectivity index (χ4n) is 3.16. The number of nitrogens with one attached hydrogen (secondary N) is 1. The highest BCUT2D eigenvalue weighted by atomic mass is 16.7. The molecule has 3 rings (SSSR count). The van der Waals surface area contributed by atoms with Crippen LogP contribution in [0, 0.1) is 10.1 Å². The summed E-state index contributed by atoms with van der Waals surface area (Å²) in [7, 11) is 0. The Morgan fingerprint density at radius 2 is 2.14 bits per heavy atom. The van der Waals surface area contributed by atoms with E-state index in [4.69, 9.17) is 9.15 Å². The largest absolute Gasteiger partial charge is 0.467 e. The average Bonchev–Trinajstić information content (AvgIpc) is 3.21. The maximum absolute atomic E-state index is 12.7. The summed E-state index contributed by atoms with van der Waals surface area (Å²) < 4.78 is 10.6. The minimum Gasteiger partial charge on any atom is -0.467 e. The number of ether oxygens (including phenoxy) is 1. The van der Waals surface area contributed by atoms with Crippen molar-refractivity contribution in [2.45, 2.75) is 25.9 Å². The van der Waals surface area contributed by atoms with Crippen molar-refractivity contribution >= 4 is 11.9 Å². The molecule has 0 saturated carbocycles. The second-order valence-electron chi connectivity index (χ2n) is 6.46. The van der Waals surface area contributed by atoms with E-state index in [1.54, 1.807) is 24.0 Å². The maximum atomic E-state index is 12.7. The quantitative estimate of drug-likeness (QED) is 0.403. The van der Waals surface area contributed by atoms with Crippen LogP contribution in [0.25, 0.3) is 0 Å². The third kappa shape index (κ3) is 5.55. The van der Waals surface area contributed by atoms with Gasteiger partial charge in [0.1, 0.15) is 16.9 Å². The maximum Gasteiger partial charge on any atom is 0.323 e. The molecule has 0 spiro atoms. The van der Waals surface area contributed by atoms with Gasteiger partial charge in [0, 0.05) is 0 Å². The summed E-state index contributed by atoms with van der Waals surface area (Å²) in [6, 6.07) is 12.6. The molecule has 2 aromatic rings. The van der Waals surface area contributed by atoms with E-state index in [1.165, 1.54) is 6.26 Å². The summed E-state index contributed by atoms with van der Waals surface area (Å²) in [5.74, 6) is 0.399. The summed E-state index contributed by atoms with van der Waals surface area (Å²) >= 11 is 0. The second-order valence-corrected chi connectivity index (χ2v) is 6.46. The minimum atomic E-state index is -0.750. The van der Waals surface area contributed by atoms with E-state index in [9.17, 15) is 14.9 Å². The lowest BCUT2D eigenvalue weighted by Crippen LogP contribution is -2.61. The Kier molecular flexibility index (Phi) is 6.80. The predicted octanol–water partition coefficient (Wildman–Crippen LogP) is 1.62. The smallest absolute Gasteiger partial charge is 0.323 e. The highest BCUT2D eigenvalue weighted by Crippen LogP contribution is 2.16. The third-order valence-electron chi connectivity index (χ3n) is 4.47. The van der Waals surface area contributed by atoms with Crippen LogP contribution in [0.15, 0.2) is 58.2 Å². The summed E-state index contributed by atoms with van der Waals surface area (Å²) in [6.07, 6.45) is 1.99. The van der Waals surface area contributed by atoms with Crippen LogP contribution in [0.3, 0.4) is 0 Å². The molecule has 0 amide bonds. The van der Waals surface area contributed by atoms with E-state index in [2.05, 4.69) is 10.4 Å². The van der Waals surface area contributed by atoms with Crippen LogP contribution in [0.1, 0.15) is 18.2 Å². The minimum absolute atomic E-state index is 0.116. The number of esters is 1. The fraction of sp³-hybridized carbons (Fsp3) is 0.368. The van der Waals surface area contributed by atoms with Crippen molar-refractivity contribution < 1.29 is 19.0 Å². The Hall–Kier alpha value is -3.40. The molecule has 0 aliphatic carbocycles. The van der Waals surface area contributed by atoms with Crippen molar-refractivity contribution in [1.29, 1.82) is 0 Å². The van der Waals surface area contributed by atoms with Crippen LogP contribution in [0.4, 0.5) is 0 Å². The molecule has 1 saturated heterocycles. The number of carbonyl (C=O) groups excluding carboxylic acids is 1. The average molecular weight is 401 g/mol. The van der Waals surface area contributed by atoms with Crippen LogP contribution >= 0.6 is 0 Å². The predicted molar refractivity (Wildman–Crippen MR) is 104 cm³/mol. The van der Waals surface area contributed by atoms with Crippen molar-refractivity contribution in [2.75, 3.05) is 19.9 Å². The number of rotatable bonds is 8. The van der Waals surface area contributed by atoms with Gasteiger partial charge in [-0.2, -0.15) is 0 Å². The van der Waals surface area contributed by atoms with Gasteiger partial charge in [0.2, 0.25) is 0 Å². The number of benzene rings is 1. The molecule has 0 bridgehead atoms. The molecule has 10 nitrogen and oxygen atoms in total. The third-order valence-corrected chi connectivity index (χ3v) is 4.47. The fourth-order valence-corrected chi connectivity index (χ4v) is 3.16. The number of carbonyl (C=O) groups is 1. The van der Waals surface area contributed by atoms with E-state index >= 15 is 0 Å². The molecule has 1 atom stereocenters. The summed E-state index contributed by atoms with van der Waals surface area (Å²) in [6.45, 7) is 2.77. The van der Waals surface area contributed by atoms with Crippen molar-refractivity contribution in [1.82, 2.24) is 15.1 Å². The number of furan rings is 1. The zero-order valence-electron chi connectivity index (χ0n) is 16.1. The van der Waals surface area contributed by atoms with Gasteiger partial charge < -0.3 is 19.4 Å². The van der Waals surface area contributed by atoms with Gasteiger partial charge in [-0.1, -0.05) is 30.3 Å². The number of guanidine groups is 1. The summed E-state index contributed by atoms with van der Waals surface area (Å²) in [4.78, 5) is 27.1. The van der Waals surface area contributed by atoms with Crippen molar-refractivity contribution in [2.24, 2.45) is 5.10 Å². The van der Waals surface area contributed by atoms with Crippen LogP contribution in [0.2, 0.25) is 0 Å². The highest BCUT2D eigenvalue weighted by Gasteiger charge is 2.34. The molecule has 154 valence electrons. The Morgan fingerprint density at radius 3 is 2.79 bits per heavy atom. The van der Waals surface area contributed by atoms with Crippen molar-refractivity contribution in [3.63, 3.8) is 0 Å². The van der Waals surface area contributed by atoms with Crippen molar-refractivity contribution in [3.8, 4) is 0 Å². The Bertz CT molecular complexity index is 840. The Balaban J connectivity index is 1.81. The molecule has 1 fully saturated rings. The first-order chi connectivity index (χ1) is 14.1. The number of hydrazone groups is 1. The molecule has 0 radical (unpaired) electrons. The highest BCUT2D eigenvalue weighted by molar-refractivity contribution is 5.81. The second kappa shape index (κ2) is 9.69. The molecule has 1 aromatic carbocycles. The monoisotopic (exact) mass is 401 g/mol. The summed E-state index contributed by atoms with van der Waals surface area (Å²) in [5, 5.41) is 16.5. The molecule has 1 N–H and O–H groups in total. The number of hydrogen-bond donors (Lipinski definition) is 1. The molecule has 1 unspecified atom stereocenters. The van der Waals surface area contributed by atoms with Gasteiger partial charge in [-0.3, -0.25) is 9.69 Å². The first-order valence-electron chi connectivity index (χ1n) is 9.25. The molecular formula is C19H23N5O5.